The fourth-order valence-corrected chi connectivity index (χ4v) is 3.85. The van der Waals surface area contributed by atoms with Gasteiger partial charge in [-0.1, -0.05) is 30.4 Å². The first-order valence-electron chi connectivity index (χ1n) is 8.77. The van der Waals surface area contributed by atoms with Crippen molar-refractivity contribution in [3.8, 4) is 5.75 Å². The fourth-order valence-electron chi connectivity index (χ4n) is 3.16. The molecule has 0 spiro atoms. The van der Waals surface area contributed by atoms with E-state index in [2.05, 4.69) is 26.5 Å². The van der Waals surface area contributed by atoms with E-state index in [4.69, 9.17) is 0 Å². The number of aromatic hydroxyl groups is 1. The van der Waals surface area contributed by atoms with Crippen LogP contribution in [0.5, 0.6) is 5.75 Å². The smallest absolute Gasteiger partial charge is 0.227 e. The minimum atomic E-state index is -0.00564. The van der Waals surface area contributed by atoms with E-state index in [-0.39, 0.29) is 5.91 Å². The molecule has 0 bridgehead atoms. The van der Waals surface area contributed by atoms with Crippen molar-refractivity contribution in [2.75, 3.05) is 25.0 Å². The summed E-state index contributed by atoms with van der Waals surface area (Å²) in [5, 5.41) is 21.9. The van der Waals surface area contributed by atoms with Crippen LogP contribution in [0.15, 0.2) is 24.3 Å². The summed E-state index contributed by atoms with van der Waals surface area (Å²) in [6.07, 6.45) is 3.42. The summed E-state index contributed by atoms with van der Waals surface area (Å²) in [5.74, 6) is 0.819. The average molecular weight is 360 g/mol. The van der Waals surface area contributed by atoms with E-state index in [1.165, 1.54) is 16.9 Å². The number of hydrogen-bond donors (Lipinski definition) is 2. The van der Waals surface area contributed by atoms with Crippen molar-refractivity contribution < 1.29 is 9.90 Å². The lowest BCUT2D eigenvalue weighted by Crippen LogP contribution is -2.35. The van der Waals surface area contributed by atoms with Crippen LogP contribution in [0, 0.1) is 0 Å². The third kappa shape index (κ3) is 4.99. The number of likely N-dealkylation sites (tertiary alicyclic amines) is 1. The molecular weight excluding hydrogens is 336 g/mol. The number of phenolic OH excluding ortho intramolecular Hbond substituents is 1. The summed E-state index contributed by atoms with van der Waals surface area (Å²) in [6, 6.07) is 7.55. The molecule has 0 aliphatic carbocycles. The van der Waals surface area contributed by atoms with Crippen molar-refractivity contribution in [3.05, 3.63) is 34.8 Å². The molecule has 2 heterocycles. The van der Waals surface area contributed by atoms with Gasteiger partial charge < -0.3 is 15.3 Å². The van der Waals surface area contributed by atoms with Crippen LogP contribution in [0.2, 0.25) is 0 Å². The highest BCUT2D eigenvalue weighted by Gasteiger charge is 2.21. The molecule has 0 atom stereocenters. The fraction of sp³-hybridized carbons (Fsp3) is 0.500. The van der Waals surface area contributed by atoms with Gasteiger partial charge >= 0.3 is 0 Å². The van der Waals surface area contributed by atoms with E-state index >= 15 is 0 Å². The number of nitrogens with zero attached hydrogens (tertiary/aromatic N) is 3. The molecule has 1 aromatic heterocycles. The topological polar surface area (TPSA) is 78.4 Å². The number of piperidine rings is 1. The van der Waals surface area contributed by atoms with E-state index < -0.39 is 0 Å². The molecule has 0 unspecified atom stereocenters. The molecule has 1 aliphatic rings. The standard InChI is InChI=1S/C18H24N4O2S/c1-2-17-20-21-18(25-17)19-16(24)8-11-22-9-6-13(7-10-22)14-4-3-5-15(23)12-14/h3-5,12-13,23H,2,6-11H2,1H3,(H,19,21,24). The predicted octanol–water partition coefficient (Wildman–Crippen LogP) is 3.01. The van der Waals surface area contributed by atoms with Gasteiger partial charge in [0.05, 0.1) is 0 Å². The summed E-state index contributed by atoms with van der Waals surface area (Å²) in [5.41, 5.74) is 1.21. The molecule has 25 heavy (non-hydrogen) atoms. The summed E-state index contributed by atoms with van der Waals surface area (Å²) in [4.78, 5) is 14.4. The average Bonchev–Trinajstić information content (AvgIpc) is 3.08. The quantitative estimate of drug-likeness (QED) is 0.828. The van der Waals surface area contributed by atoms with Crippen molar-refractivity contribution in [3.63, 3.8) is 0 Å². The number of phenols is 1. The Morgan fingerprint density at radius 1 is 1.36 bits per heavy atom. The molecule has 0 radical (unpaired) electrons. The van der Waals surface area contributed by atoms with Crippen LogP contribution in [0.4, 0.5) is 5.13 Å². The molecule has 0 saturated carbocycles. The molecule has 6 nitrogen and oxygen atoms in total. The second-order valence-electron chi connectivity index (χ2n) is 6.36. The first kappa shape index (κ1) is 17.8. The Morgan fingerprint density at radius 2 is 2.16 bits per heavy atom. The van der Waals surface area contributed by atoms with E-state index in [1.807, 2.05) is 19.1 Å². The lowest BCUT2D eigenvalue weighted by Gasteiger charge is -2.32. The zero-order valence-corrected chi connectivity index (χ0v) is 15.3. The second kappa shape index (κ2) is 8.40. The van der Waals surface area contributed by atoms with Gasteiger partial charge in [-0.15, -0.1) is 10.2 Å². The summed E-state index contributed by atoms with van der Waals surface area (Å²) >= 11 is 1.43. The van der Waals surface area contributed by atoms with Gasteiger partial charge in [-0.05, 0) is 56.0 Å². The minimum absolute atomic E-state index is 0.00564. The van der Waals surface area contributed by atoms with Gasteiger partial charge in [0.25, 0.3) is 0 Å². The maximum absolute atomic E-state index is 12.0. The number of carbonyl (C=O) groups is 1. The zero-order chi connectivity index (χ0) is 17.6. The molecule has 3 rings (SSSR count). The highest BCUT2D eigenvalue weighted by Crippen LogP contribution is 2.29. The molecule has 1 saturated heterocycles. The number of benzene rings is 1. The summed E-state index contributed by atoms with van der Waals surface area (Å²) < 4.78 is 0. The number of carbonyl (C=O) groups excluding carboxylic acids is 1. The van der Waals surface area contributed by atoms with Crippen LogP contribution in [-0.4, -0.2) is 45.7 Å². The third-order valence-corrected chi connectivity index (χ3v) is 5.58. The highest BCUT2D eigenvalue weighted by molar-refractivity contribution is 7.15. The molecule has 7 heteroatoms. The summed E-state index contributed by atoms with van der Waals surface area (Å²) in [7, 11) is 0. The van der Waals surface area contributed by atoms with E-state index in [9.17, 15) is 9.90 Å². The van der Waals surface area contributed by atoms with Crippen LogP contribution in [0.25, 0.3) is 0 Å². The van der Waals surface area contributed by atoms with E-state index in [0.29, 0.717) is 23.2 Å². The minimum Gasteiger partial charge on any atom is -0.508 e. The SMILES string of the molecule is CCc1nnc(NC(=O)CCN2CCC(c3cccc(O)c3)CC2)s1. The molecule has 2 N–H and O–H groups in total. The maximum Gasteiger partial charge on any atom is 0.227 e. The number of hydrogen-bond acceptors (Lipinski definition) is 6. The molecule has 1 fully saturated rings. The number of rotatable bonds is 6. The predicted molar refractivity (Wildman–Crippen MR) is 99.1 cm³/mol. The van der Waals surface area contributed by atoms with Gasteiger partial charge in [0.1, 0.15) is 10.8 Å². The first-order chi connectivity index (χ1) is 12.1. The maximum atomic E-state index is 12.0. The Kier molecular flexibility index (Phi) is 5.99. The highest BCUT2D eigenvalue weighted by atomic mass is 32.1. The van der Waals surface area contributed by atoms with Crippen LogP contribution in [0.3, 0.4) is 0 Å². The van der Waals surface area contributed by atoms with Crippen molar-refractivity contribution in [1.82, 2.24) is 15.1 Å². The third-order valence-electron chi connectivity index (χ3n) is 4.60. The normalized spacial score (nSPS) is 16.0. The Morgan fingerprint density at radius 3 is 2.84 bits per heavy atom. The van der Waals surface area contributed by atoms with Crippen LogP contribution in [0.1, 0.15) is 42.7 Å². The lowest BCUT2D eigenvalue weighted by molar-refractivity contribution is -0.116. The van der Waals surface area contributed by atoms with Gasteiger partial charge in [0.15, 0.2) is 0 Å². The molecule has 134 valence electrons. The number of amides is 1. The monoisotopic (exact) mass is 360 g/mol. The Labute approximate surface area is 151 Å². The van der Waals surface area contributed by atoms with Gasteiger partial charge in [-0.3, -0.25) is 4.79 Å². The van der Waals surface area contributed by atoms with Crippen molar-refractivity contribution in [2.45, 2.75) is 38.5 Å². The van der Waals surface area contributed by atoms with Crippen LogP contribution in [-0.2, 0) is 11.2 Å². The van der Waals surface area contributed by atoms with Crippen molar-refractivity contribution in [2.24, 2.45) is 0 Å². The van der Waals surface area contributed by atoms with Crippen LogP contribution < -0.4 is 5.32 Å². The van der Waals surface area contributed by atoms with Gasteiger partial charge in [-0.2, -0.15) is 0 Å². The number of aromatic nitrogens is 2. The van der Waals surface area contributed by atoms with Crippen LogP contribution >= 0.6 is 11.3 Å². The van der Waals surface area contributed by atoms with E-state index in [1.54, 1.807) is 6.07 Å². The molecular formula is C18H24N4O2S. The number of aryl methyl sites for hydroxylation is 1. The van der Waals surface area contributed by atoms with E-state index in [0.717, 1.165) is 43.9 Å². The molecule has 2 aromatic rings. The summed E-state index contributed by atoms with van der Waals surface area (Å²) in [6.45, 7) is 4.74. The number of nitrogens with one attached hydrogen (secondary N) is 1. The van der Waals surface area contributed by atoms with Crippen molar-refractivity contribution >= 4 is 22.4 Å². The second-order valence-corrected chi connectivity index (χ2v) is 7.43. The zero-order valence-electron chi connectivity index (χ0n) is 14.4. The first-order valence-corrected chi connectivity index (χ1v) is 9.59. The van der Waals surface area contributed by atoms with Gasteiger partial charge in [0, 0.05) is 13.0 Å². The Hall–Kier alpha value is -1.99. The largest absolute Gasteiger partial charge is 0.508 e. The molecule has 1 aromatic carbocycles. The Balaban J connectivity index is 1.41. The number of anilines is 1. The lowest BCUT2D eigenvalue weighted by atomic mass is 9.89. The van der Waals surface area contributed by atoms with Gasteiger partial charge in [-0.25, -0.2) is 0 Å². The molecule has 1 amide bonds. The van der Waals surface area contributed by atoms with Gasteiger partial charge in [0.2, 0.25) is 11.0 Å². The van der Waals surface area contributed by atoms with Crippen molar-refractivity contribution in [1.29, 1.82) is 0 Å². The Bertz CT molecular complexity index is 711. The molecule has 1 aliphatic heterocycles.